The highest BCUT2D eigenvalue weighted by Crippen LogP contribution is 2.31. The molecule has 1 amide bonds. The van der Waals surface area contributed by atoms with Gasteiger partial charge in [0.2, 0.25) is 15.9 Å². The summed E-state index contributed by atoms with van der Waals surface area (Å²) in [6.45, 7) is 1.64. The number of hydrogen-bond donors (Lipinski definition) is 1. The van der Waals surface area contributed by atoms with Gasteiger partial charge in [0.15, 0.2) is 0 Å². The quantitative estimate of drug-likeness (QED) is 0.811. The Kier molecular flexibility index (Phi) is 5.85. The summed E-state index contributed by atoms with van der Waals surface area (Å²) < 4.78 is 61.2. The minimum Gasteiger partial charge on any atom is -0.368 e. The SMILES string of the molecule is NS(=O)(=O)c1ccc(CC(=O)N2CCN(c3cccc(C(F)(F)F)c3)CC2)cc1. The van der Waals surface area contributed by atoms with Crippen LogP contribution in [0.5, 0.6) is 0 Å². The Balaban J connectivity index is 1.58. The summed E-state index contributed by atoms with van der Waals surface area (Å²) in [6.07, 6.45) is -4.29. The topological polar surface area (TPSA) is 83.7 Å². The Morgan fingerprint density at radius 3 is 2.17 bits per heavy atom. The van der Waals surface area contributed by atoms with Crippen molar-refractivity contribution in [1.29, 1.82) is 0 Å². The van der Waals surface area contributed by atoms with E-state index in [4.69, 9.17) is 5.14 Å². The lowest BCUT2D eigenvalue weighted by molar-refractivity contribution is -0.137. The summed E-state index contributed by atoms with van der Waals surface area (Å²) in [6, 6.07) is 10.9. The van der Waals surface area contributed by atoms with Crippen LogP contribution < -0.4 is 10.0 Å². The molecule has 6 nitrogen and oxygen atoms in total. The molecule has 2 aromatic carbocycles. The van der Waals surface area contributed by atoms with E-state index in [0.717, 1.165) is 12.1 Å². The lowest BCUT2D eigenvalue weighted by atomic mass is 10.1. The molecule has 0 saturated carbocycles. The Morgan fingerprint density at radius 1 is 1.00 bits per heavy atom. The number of carbonyl (C=O) groups is 1. The molecule has 10 heteroatoms. The van der Waals surface area contributed by atoms with E-state index < -0.39 is 21.8 Å². The van der Waals surface area contributed by atoms with E-state index in [1.54, 1.807) is 11.0 Å². The van der Waals surface area contributed by atoms with Crippen LogP contribution in [0.3, 0.4) is 0 Å². The molecule has 1 fully saturated rings. The average Bonchev–Trinajstić information content (AvgIpc) is 2.67. The first-order valence-electron chi connectivity index (χ1n) is 8.86. The molecule has 2 N–H and O–H groups in total. The predicted molar refractivity (Wildman–Crippen MR) is 102 cm³/mol. The Morgan fingerprint density at radius 2 is 1.62 bits per heavy atom. The number of carbonyl (C=O) groups excluding carboxylic acids is 1. The zero-order chi connectivity index (χ0) is 21.2. The maximum Gasteiger partial charge on any atom is 0.416 e. The summed E-state index contributed by atoms with van der Waals surface area (Å²) in [5.41, 5.74) is 0.435. The van der Waals surface area contributed by atoms with Gasteiger partial charge in [0.1, 0.15) is 0 Å². The molecule has 0 atom stereocenters. The summed E-state index contributed by atoms with van der Waals surface area (Å²) >= 11 is 0. The highest BCUT2D eigenvalue weighted by Gasteiger charge is 2.31. The molecular formula is C19H20F3N3O3S. The third-order valence-corrected chi connectivity index (χ3v) is 5.71. The van der Waals surface area contributed by atoms with Gasteiger partial charge in [-0.05, 0) is 35.9 Å². The van der Waals surface area contributed by atoms with Crippen molar-refractivity contribution in [2.24, 2.45) is 5.14 Å². The zero-order valence-electron chi connectivity index (χ0n) is 15.4. The minimum absolute atomic E-state index is 0.0246. The van der Waals surface area contributed by atoms with Gasteiger partial charge < -0.3 is 9.80 Å². The maximum atomic E-state index is 12.9. The van der Waals surface area contributed by atoms with Gasteiger partial charge in [0, 0.05) is 31.9 Å². The van der Waals surface area contributed by atoms with Crippen LogP contribution >= 0.6 is 0 Å². The second-order valence-electron chi connectivity index (χ2n) is 6.78. The number of halogens is 3. The van der Waals surface area contributed by atoms with Crippen molar-refractivity contribution in [1.82, 2.24) is 4.90 Å². The van der Waals surface area contributed by atoms with Crippen LogP contribution in [-0.2, 0) is 27.4 Å². The molecule has 0 spiro atoms. The largest absolute Gasteiger partial charge is 0.416 e. The van der Waals surface area contributed by atoms with E-state index >= 15 is 0 Å². The molecule has 1 heterocycles. The lowest BCUT2D eigenvalue weighted by Crippen LogP contribution is -2.49. The van der Waals surface area contributed by atoms with Crippen LogP contribution in [0.25, 0.3) is 0 Å². The van der Waals surface area contributed by atoms with Crippen LogP contribution in [0.4, 0.5) is 18.9 Å². The molecule has 0 unspecified atom stereocenters. The average molecular weight is 427 g/mol. The van der Waals surface area contributed by atoms with Crippen molar-refractivity contribution in [3.63, 3.8) is 0 Å². The second-order valence-corrected chi connectivity index (χ2v) is 8.34. The van der Waals surface area contributed by atoms with Crippen LogP contribution in [0.2, 0.25) is 0 Å². The maximum absolute atomic E-state index is 12.9. The number of amides is 1. The highest BCUT2D eigenvalue weighted by atomic mass is 32.2. The number of primary sulfonamides is 1. The zero-order valence-corrected chi connectivity index (χ0v) is 16.2. The normalized spacial score (nSPS) is 15.4. The fourth-order valence-electron chi connectivity index (χ4n) is 3.18. The second kappa shape index (κ2) is 8.03. The van der Waals surface area contributed by atoms with Gasteiger partial charge >= 0.3 is 6.18 Å². The van der Waals surface area contributed by atoms with Crippen molar-refractivity contribution in [3.05, 3.63) is 59.7 Å². The van der Waals surface area contributed by atoms with Crippen LogP contribution in [0, 0.1) is 0 Å². The Bertz CT molecular complexity index is 984. The summed E-state index contributed by atoms with van der Waals surface area (Å²) in [7, 11) is -3.78. The third-order valence-electron chi connectivity index (χ3n) is 4.78. The van der Waals surface area contributed by atoms with Crippen LogP contribution in [-0.4, -0.2) is 45.4 Å². The number of sulfonamides is 1. The highest BCUT2D eigenvalue weighted by molar-refractivity contribution is 7.89. The summed E-state index contributed by atoms with van der Waals surface area (Å²) in [4.78, 5) is 15.9. The first kappa shape index (κ1) is 21.1. The van der Waals surface area contributed by atoms with E-state index in [0.29, 0.717) is 37.4 Å². The van der Waals surface area contributed by atoms with Gasteiger partial charge in [0.05, 0.1) is 16.9 Å². The lowest BCUT2D eigenvalue weighted by Gasteiger charge is -2.36. The summed E-state index contributed by atoms with van der Waals surface area (Å²) in [5, 5.41) is 5.05. The molecule has 1 saturated heterocycles. The summed E-state index contributed by atoms with van der Waals surface area (Å²) in [5.74, 6) is -0.128. The van der Waals surface area contributed by atoms with E-state index in [2.05, 4.69) is 0 Å². The van der Waals surface area contributed by atoms with Gasteiger partial charge in [0.25, 0.3) is 0 Å². The molecule has 2 aromatic rings. The minimum atomic E-state index is -4.40. The van der Waals surface area contributed by atoms with Crippen LogP contribution in [0.15, 0.2) is 53.4 Å². The number of piperazine rings is 1. The number of nitrogens with two attached hydrogens (primary N) is 1. The van der Waals surface area contributed by atoms with Gasteiger partial charge in [-0.25, -0.2) is 13.6 Å². The van der Waals surface area contributed by atoms with E-state index in [9.17, 15) is 26.4 Å². The number of hydrogen-bond acceptors (Lipinski definition) is 4. The Hall–Kier alpha value is -2.59. The molecule has 0 aliphatic carbocycles. The third kappa shape index (κ3) is 5.27. The van der Waals surface area contributed by atoms with Crippen molar-refractivity contribution < 1.29 is 26.4 Å². The molecular weight excluding hydrogens is 407 g/mol. The monoisotopic (exact) mass is 427 g/mol. The fraction of sp³-hybridized carbons (Fsp3) is 0.316. The number of anilines is 1. The molecule has 1 aliphatic heterocycles. The Labute approximate surface area is 166 Å². The van der Waals surface area contributed by atoms with Crippen LogP contribution in [0.1, 0.15) is 11.1 Å². The number of benzene rings is 2. The number of rotatable bonds is 4. The first-order valence-corrected chi connectivity index (χ1v) is 10.4. The van der Waals surface area contributed by atoms with E-state index in [-0.39, 0.29) is 17.2 Å². The van der Waals surface area contributed by atoms with Gasteiger partial charge in [-0.1, -0.05) is 18.2 Å². The molecule has 29 heavy (non-hydrogen) atoms. The smallest absolute Gasteiger partial charge is 0.368 e. The number of nitrogens with zero attached hydrogens (tertiary/aromatic N) is 2. The van der Waals surface area contributed by atoms with Crippen molar-refractivity contribution in [3.8, 4) is 0 Å². The van der Waals surface area contributed by atoms with Gasteiger partial charge in [-0.3, -0.25) is 4.79 Å². The molecule has 0 bridgehead atoms. The molecule has 1 aliphatic rings. The van der Waals surface area contributed by atoms with Crippen molar-refractivity contribution >= 4 is 21.6 Å². The first-order chi connectivity index (χ1) is 13.5. The predicted octanol–water partition coefficient (Wildman–Crippen LogP) is 2.24. The molecule has 156 valence electrons. The number of alkyl halides is 3. The van der Waals surface area contributed by atoms with Crippen molar-refractivity contribution in [2.75, 3.05) is 31.1 Å². The fourth-order valence-corrected chi connectivity index (χ4v) is 3.69. The van der Waals surface area contributed by atoms with E-state index in [1.807, 2.05) is 4.90 Å². The van der Waals surface area contributed by atoms with E-state index in [1.165, 1.54) is 30.3 Å². The van der Waals surface area contributed by atoms with Gasteiger partial charge in [-0.15, -0.1) is 0 Å². The van der Waals surface area contributed by atoms with Crippen molar-refractivity contribution in [2.45, 2.75) is 17.5 Å². The standard InChI is InChI=1S/C19H20F3N3O3S/c20-19(21,22)15-2-1-3-16(13-15)24-8-10-25(11-9-24)18(26)12-14-4-6-17(7-5-14)29(23,27)28/h1-7,13H,8-12H2,(H2,23,27,28). The van der Waals surface area contributed by atoms with Gasteiger partial charge in [-0.2, -0.15) is 13.2 Å². The molecule has 3 rings (SSSR count). The molecule has 0 radical (unpaired) electrons. The molecule has 0 aromatic heterocycles.